The van der Waals surface area contributed by atoms with E-state index in [4.69, 9.17) is 12.2 Å². The van der Waals surface area contributed by atoms with E-state index in [-0.39, 0.29) is 6.10 Å². The largest absolute Gasteiger partial charge is 0.393 e. The van der Waals surface area contributed by atoms with Crippen molar-refractivity contribution in [1.29, 1.82) is 0 Å². The van der Waals surface area contributed by atoms with Gasteiger partial charge in [0.15, 0.2) is 0 Å². The molecule has 5 heteroatoms. The number of hydrogen-bond donors (Lipinski definition) is 2. The number of nitrogens with zero attached hydrogens (tertiary/aromatic N) is 2. The van der Waals surface area contributed by atoms with E-state index in [0.717, 1.165) is 30.7 Å². The van der Waals surface area contributed by atoms with Gasteiger partial charge in [0, 0.05) is 11.7 Å². The van der Waals surface area contributed by atoms with Crippen LogP contribution in [0.5, 0.6) is 0 Å². The third-order valence-electron chi connectivity index (χ3n) is 4.04. The first-order valence-electron chi connectivity index (χ1n) is 6.71. The van der Waals surface area contributed by atoms with E-state index in [1.807, 2.05) is 13.3 Å². The third-order valence-corrected chi connectivity index (χ3v) is 4.35. The number of hydrogen-bond acceptors (Lipinski definition) is 3. The summed E-state index contributed by atoms with van der Waals surface area (Å²) in [5, 5.41) is 12.9. The first-order chi connectivity index (χ1) is 9.08. The molecule has 104 valence electrons. The summed E-state index contributed by atoms with van der Waals surface area (Å²) in [5.74, 6) is 0.397. The lowest BCUT2D eigenvalue weighted by Gasteiger charge is -2.14. The Hall–Kier alpha value is -1.20. The zero-order valence-corrected chi connectivity index (χ0v) is 12.3. The van der Waals surface area contributed by atoms with E-state index in [2.05, 4.69) is 28.4 Å². The van der Waals surface area contributed by atoms with Gasteiger partial charge >= 0.3 is 0 Å². The van der Waals surface area contributed by atoms with Gasteiger partial charge in [-0.05, 0) is 31.9 Å². The number of rotatable bonds is 4. The molecule has 2 unspecified atom stereocenters. The van der Waals surface area contributed by atoms with Crippen LogP contribution in [0.4, 0.5) is 0 Å². The number of aromatic nitrogens is 2. The maximum Gasteiger partial charge on any atom is 0.131 e. The van der Waals surface area contributed by atoms with Crippen molar-refractivity contribution >= 4 is 17.2 Å². The molecule has 2 rings (SSSR count). The Morgan fingerprint density at radius 1 is 1.68 bits per heavy atom. The topological polar surface area (TPSA) is 50.1 Å². The highest BCUT2D eigenvalue weighted by Gasteiger charge is 2.33. The first kappa shape index (κ1) is 14.2. The summed E-state index contributed by atoms with van der Waals surface area (Å²) in [6, 6.07) is 0.327. The molecule has 0 radical (unpaired) electrons. The molecule has 0 amide bonds. The van der Waals surface area contributed by atoms with Crippen LogP contribution in [0.25, 0.3) is 0 Å². The van der Waals surface area contributed by atoms with Crippen LogP contribution >= 0.6 is 12.2 Å². The lowest BCUT2D eigenvalue weighted by Crippen LogP contribution is -2.17. The molecule has 4 nitrogen and oxygen atoms in total. The summed E-state index contributed by atoms with van der Waals surface area (Å²) < 4.78 is 2.14. The predicted molar refractivity (Wildman–Crippen MR) is 80.1 cm³/mol. The van der Waals surface area contributed by atoms with Gasteiger partial charge in [-0.15, -0.1) is 0 Å². The van der Waals surface area contributed by atoms with E-state index >= 15 is 0 Å². The van der Waals surface area contributed by atoms with E-state index in [1.54, 1.807) is 6.20 Å². The molecule has 1 aliphatic rings. The van der Waals surface area contributed by atoms with Gasteiger partial charge in [-0.1, -0.05) is 32.1 Å². The zero-order valence-electron chi connectivity index (χ0n) is 11.5. The number of nitrogens with one attached hydrogen (secondary N) is 1. The number of aliphatic hydroxyl groups is 1. The molecule has 1 aliphatic carbocycles. The van der Waals surface area contributed by atoms with E-state index in [0.29, 0.717) is 16.9 Å². The van der Waals surface area contributed by atoms with Crippen LogP contribution in [0, 0.1) is 12.8 Å². The van der Waals surface area contributed by atoms with Crippen molar-refractivity contribution in [3.8, 4) is 0 Å². The van der Waals surface area contributed by atoms with Crippen LogP contribution < -0.4 is 5.32 Å². The molecule has 1 aromatic heterocycles. The maximum atomic E-state index is 10.0. The van der Waals surface area contributed by atoms with Crippen molar-refractivity contribution in [2.75, 3.05) is 0 Å². The molecular weight excluding hydrogens is 258 g/mol. The Bertz CT molecular complexity index is 483. The van der Waals surface area contributed by atoms with Crippen LogP contribution in [0.2, 0.25) is 0 Å². The van der Waals surface area contributed by atoms with Gasteiger partial charge in [0.05, 0.1) is 12.4 Å². The number of aliphatic hydroxyl groups excluding tert-OH is 1. The van der Waals surface area contributed by atoms with Crippen LogP contribution in [-0.2, 0) is 0 Å². The van der Waals surface area contributed by atoms with E-state index in [9.17, 15) is 5.11 Å². The molecule has 0 aliphatic heterocycles. The third kappa shape index (κ3) is 2.72. The average molecular weight is 279 g/mol. The molecular formula is C14H21N3OS. The minimum absolute atomic E-state index is 0.196. The smallest absolute Gasteiger partial charge is 0.131 e. The molecule has 3 atom stereocenters. The fourth-order valence-corrected chi connectivity index (χ4v) is 3.20. The van der Waals surface area contributed by atoms with Crippen molar-refractivity contribution in [3.63, 3.8) is 0 Å². The summed E-state index contributed by atoms with van der Waals surface area (Å²) in [4.78, 5) is 4.98. The molecule has 1 heterocycles. The van der Waals surface area contributed by atoms with Gasteiger partial charge in [-0.3, -0.25) is 0 Å². The minimum Gasteiger partial charge on any atom is -0.393 e. The van der Waals surface area contributed by atoms with Crippen LogP contribution in [-0.4, -0.2) is 25.8 Å². The molecule has 0 aromatic carbocycles. The highest BCUT2D eigenvalue weighted by atomic mass is 32.1. The van der Waals surface area contributed by atoms with Gasteiger partial charge in [-0.2, -0.15) is 0 Å². The second kappa shape index (κ2) is 5.84. The van der Waals surface area contributed by atoms with E-state index in [1.165, 1.54) is 0 Å². The van der Waals surface area contributed by atoms with Crippen molar-refractivity contribution in [2.24, 2.45) is 5.92 Å². The van der Waals surface area contributed by atoms with Gasteiger partial charge in [0.1, 0.15) is 10.7 Å². The fraction of sp³-hybridized carbons (Fsp3) is 0.571. The highest BCUT2D eigenvalue weighted by Crippen LogP contribution is 2.37. The summed E-state index contributed by atoms with van der Waals surface area (Å²) in [5.41, 5.74) is 1.85. The SMILES string of the molecule is C=CNC(=S)c1ncn(C2CC(CC)[C@H](O)C2)c1C. The molecule has 1 saturated carbocycles. The first-order valence-corrected chi connectivity index (χ1v) is 7.12. The molecule has 0 spiro atoms. The quantitative estimate of drug-likeness (QED) is 0.831. The molecule has 1 fully saturated rings. The van der Waals surface area contributed by atoms with Crippen LogP contribution in [0.1, 0.15) is 43.6 Å². The standard InChI is InChI=1S/C14H21N3OS/c1-4-10-6-11(7-12(10)18)17-8-16-13(9(17)3)14(19)15-5-2/h5,8,10-12,18H,2,4,6-7H2,1,3H3,(H,15,19)/t10?,11?,12-/m1/s1. The summed E-state index contributed by atoms with van der Waals surface area (Å²) in [6.45, 7) is 7.75. The number of imidazole rings is 1. The fourth-order valence-electron chi connectivity index (χ4n) is 2.91. The Labute approximate surface area is 119 Å². The Kier molecular flexibility index (Phi) is 4.37. The summed E-state index contributed by atoms with van der Waals surface area (Å²) >= 11 is 5.26. The Morgan fingerprint density at radius 3 is 3.00 bits per heavy atom. The summed E-state index contributed by atoms with van der Waals surface area (Å²) in [6.07, 6.45) is 6.03. The second-order valence-corrected chi connectivity index (χ2v) is 5.53. The van der Waals surface area contributed by atoms with Crippen molar-refractivity contribution < 1.29 is 5.11 Å². The lowest BCUT2D eigenvalue weighted by atomic mass is 10.0. The van der Waals surface area contributed by atoms with Crippen LogP contribution in [0.15, 0.2) is 19.1 Å². The van der Waals surface area contributed by atoms with Crippen molar-refractivity contribution in [3.05, 3.63) is 30.5 Å². The number of thiocarbonyl (C=S) groups is 1. The van der Waals surface area contributed by atoms with Gasteiger partial charge in [-0.25, -0.2) is 4.98 Å². The van der Waals surface area contributed by atoms with Gasteiger partial charge in [0.25, 0.3) is 0 Å². The van der Waals surface area contributed by atoms with Gasteiger partial charge < -0.3 is 15.0 Å². The molecule has 0 bridgehead atoms. The van der Waals surface area contributed by atoms with Crippen molar-refractivity contribution in [1.82, 2.24) is 14.9 Å². The Balaban J connectivity index is 2.19. The normalized spacial score (nSPS) is 26.4. The van der Waals surface area contributed by atoms with Crippen molar-refractivity contribution in [2.45, 2.75) is 45.3 Å². The average Bonchev–Trinajstić information content (AvgIpc) is 2.92. The summed E-state index contributed by atoms with van der Waals surface area (Å²) in [7, 11) is 0. The Morgan fingerprint density at radius 2 is 2.42 bits per heavy atom. The molecule has 1 aromatic rings. The predicted octanol–water partition coefficient (Wildman–Crippen LogP) is 2.32. The lowest BCUT2D eigenvalue weighted by molar-refractivity contribution is 0.129. The van der Waals surface area contributed by atoms with Crippen LogP contribution in [0.3, 0.4) is 0 Å². The second-order valence-electron chi connectivity index (χ2n) is 5.12. The highest BCUT2D eigenvalue weighted by molar-refractivity contribution is 7.80. The molecule has 19 heavy (non-hydrogen) atoms. The van der Waals surface area contributed by atoms with E-state index < -0.39 is 0 Å². The maximum absolute atomic E-state index is 10.0. The monoisotopic (exact) mass is 279 g/mol. The zero-order chi connectivity index (χ0) is 14.0. The molecule has 0 saturated heterocycles. The molecule has 2 N–H and O–H groups in total. The minimum atomic E-state index is -0.196. The van der Waals surface area contributed by atoms with Gasteiger partial charge in [0.2, 0.25) is 0 Å².